The van der Waals surface area contributed by atoms with Crippen molar-refractivity contribution in [1.29, 1.82) is 0 Å². The Morgan fingerprint density at radius 3 is 2.24 bits per heavy atom. The van der Waals surface area contributed by atoms with Gasteiger partial charge in [-0.1, -0.05) is 32.9 Å². The molecule has 0 radical (unpaired) electrons. The lowest BCUT2D eigenvalue weighted by Gasteiger charge is -2.19. The van der Waals surface area contributed by atoms with Crippen LogP contribution in [0.4, 0.5) is 5.69 Å². The number of hydrogen-bond acceptors (Lipinski definition) is 5. The van der Waals surface area contributed by atoms with Crippen molar-refractivity contribution in [3.05, 3.63) is 60.0 Å². The second-order valence-corrected chi connectivity index (χ2v) is 6.91. The first-order valence-corrected chi connectivity index (χ1v) is 8.27. The number of nitrogens with zero attached hydrogens (tertiary/aromatic N) is 2. The van der Waals surface area contributed by atoms with Gasteiger partial charge in [-0.3, -0.25) is 0 Å². The molecule has 5 nitrogen and oxygen atoms in total. The Labute approximate surface area is 148 Å². The molecule has 0 aliphatic heterocycles. The van der Waals surface area contributed by atoms with Gasteiger partial charge in [0.25, 0.3) is 0 Å². The highest BCUT2D eigenvalue weighted by Gasteiger charge is 2.13. The summed E-state index contributed by atoms with van der Waals surface area (Å²) in [6.45, 7) is 7.09. The molecular formula is C20H23N3O2. The summed E-state index contributed by atoms with van der Waals surface area (Å²) in [5, 5.41) is 11.5. The van der Waals surface area contributed by atoms with Crippen LogP contribution in [-0.4, -0.2) is 17.3 Å². The minimum Gasteiger partial charge on any atom is -0.497 e. The first-order valence-electron chi connectivity index (χ1n) is 8.27. The normalized spacial score (nSPS) is 11.4. The first kappa shape index (κ1) is 17.0. The maximum absolute atomic E-state index is 5.72. The summed E-state index contributed by atoms with van der Waals surface area (Å²) in [4.78, 5) is 0. The molecule has 5 heteroatoms. The Kier molecular flexibility index (Phi) is 4.74. The number of nitrogens with one attached hydrogen (secondary N) is 1. The van der Waals surface area contributed by atoms with Gasteiger partial charge in [0.1, 0.15) is 5.75 Å². The van der Waals surface area contributed by atoms with Crippen LogP contribution in [0.15, 0.2) is 52.9 Å². The van der Waals surface area contributed by atoms with Gasteiger partial charge in [0.05, 0.1) is 13.7 Å². The molecule has 0 saturated carbocycles. The molecule has 1 aromatic heterocycles. The summed E-state index contributed by atoms with van der Waals surface area (Å²) in [5.41, 5.74) is 3.35. The second-order valence-electron chi connectivity index (χ2n) is 6.91. The Morgan fingerprint density at radius 2 is 1.64 bits per heavy atom. The number of aromatic nitrogens is 2. The minimum absolute atomic E-state index is 0.151. The number of methoxy groups -OCH3 is 1. The van der Waals surface area contributed by atoms with Gasteiger partial charge < -0.3 is 14.5 Å². The van der Waals surface area contributed by atoms with Crippen LogP contribution < -0.4 is 10.1 Å². The van der Waals surface area contributed by atoms with Crippen LogP contribution in [0.5, 0.6) is 5.75 Å². The maximum atomic E-state index is 5.72. The zero-order valence-electron chi connectivity index (χ0n) is 15.0. The van der Waals surface area contributed by atoms with Crippen LogP contribution >= 0.6 is 0 Å². The van der Waals surface area contributed by atoms with Gasteiger partial charge in [-0.25, -0.2) is 0 Å². The zero-order chi connectivity index (χ0) is 17.9. The molecule has 3 rings (SSSR count). The molecule has 2 aromatic carbocycles. The largest absolute Gasteiger partial charge is 0.497 e. The molecule has 0 atom stereocenters. The lowest BCUT2D eigenvalue weighted by molar-refractivity contribution is 0.415. The molecule has 0 amide bonds. The molecule has 0 fully saturated rings. The summed E-state index contributed by atoms with van der Waals surface area (Å²) in [5.74, 6) is 1.84. The lowest BCUT2D eigenvalue weighted by Crippen LogP contribution is -2.10. The van der Waals surface area contributed by atoms with Crippen LogP contribution in [0, 0.1) is 0 Å². The Bertz CT molecular complexity index is 815. The summed E-state index contributed by atoms with van der Waals surface area (Å²) in [6, 6.07) is 16.0. The standard InChI is InChI=1S/C20H23N3O2/c1-20(2,3)15-7-9-16(10-8-15)21-13-18-22-23-19(25-18)14-5-11-17(24-4)12-6-14/h5-12,21H,13H2,1-4H3. The third-order valence-corrected chi connectivity index (χ3v) is 4.00. The molecule has 25 heavy (non-hydrogen) atoms. The van der Waals surface area contributed by atoms with Gasteiger partial charge in [-0.05, 0) is 47.4 Å². The van der Waals surface area contributed by atoms with E-state index in [1.54, 1.807) is 7.11 Å². The summed E-state index contributed by atoms with van der Waals surface area (Å²) < 4.78 is 10.9. The van der Waals surface area contributed by atoms with Gasteiger partial charge in [-0.2, -0.15) is 0 Å². The highest BCUT2D eigenvalue weighted by Crippen LogP contribution is 2.24. The predicted octanol–water partition coefficient (Wildman–Crippen LogP) is 4.65. The molecule has 0 bridgehead atoms. The number of ether oxygens (including phenoxy) is 1. The van der Waals surface area contributed by atoms with Crippen molar-refractivity contribution in [2.75, 3.05) is 12.4 Å². The summed E-state index contributed by atoms with van der Waals surface area (Å²) >= 11 is 0. The van der Waals surface area contributed by atoms with Crippen molar-refractivity contribution in [3.63, 3.8) is 0 Å². The number of hydrogen-bond donors (Lipinski definition) is 1. The van der Waals surface area contributed by atoms with Gasteiger partial charge in [0.2, 0.25) is 11.8 Å². The fourth-order valence-corrected chi connectivity index (χ4v) is 2.44. The molecule has 0 spiro atoms. The van der Waals surface area contributed by atoms with Crippen molar-refractivity contribution < 1.29 is 9.15 Å². The third-order valence-electron chi connectivity index (χ3n) is 4.00. The molecule has 1 heterocycles. The van der Waals surface area contributed by atoms with E-state index < -0.39 is 0 Å². The fourth-order valence-electron chi connectivity index (χ4n) is 2.44. The smallest absolute Gasteiger partial charge is 0.247 e. The van der Waals surface area contributed by atoms with E-state index in [1.165, 1.54) is 5.56 Å². The molecule has 0 unspecified atom stereocenters. The average Bonchev–Trinajstić information content (AvgIpc) is 3.09. The van der Waals surface area contributed by atoms with Crippen molar-refractivity contribution in [1.82, 2.24) is 10.2 Å². The topological polar surface area (TPSA) is 60.2 Å². The maximum Gasteiger partial charge on any atom is 0.247 e. The van der Waals surface area contributed by atoms with Crippen LogP contribution in [0.25, 0.3) is 11.5 Å². The molecule has 0 aliphatic rings. The monoisotopic (exact) mass is 337 g/mol. The molecule has 0 saturated heterocycles. The highest BCUT2D eigenvalue weighted by molar-refractivity contribution is 5.54. The molecular weight excluding hydrogens is 314 g/mol. The highest BCUT2D eigenvalue weighted by atomic mass is 16.5. The van der Waals surface area contributed by atoms with Gasteiger partial charge in [0.15, 0.2) is 0 Å². The molecule has 0 aliphatic carbocycles. The SMILES string of the molecule is COc1ccc(-c2nnc(CNc3ccc(C(C)(C)C)cc3)o2)cc1. The quantitative estimate of drug-likeness (QED) is 0.734. The average molecular weight is 337 g/mol. The Hall–Kier alpha value is -2.82. The van der Waals surface area contributed by atoms with Crippen molar-refractivity contribution in [3.8, 4) is 17.2 Å². The fraction of sp³-hybridized carbons (Fsp3) is 0.300. The van der Waals surface area contributed by atoms with Crippen molar-refractivity contribution in [2.24, 2.45) is 0 Å². The van der Waals surface area contributed by atoms with E-state index in [0.29, 0.717) is 18.3 Å². The lowest BCUT2D eigenvalue weighted by atomic mass is 9.87. The van der Waals surface area contributed by atoms with E-state index in [-0.39, 0.29) is 5.41 Å². The number of rotatable bonds is 5. The van der Waals surface area contributed by atoms with E-state index in [0.717, 1.165) is 17.0 Å². The van der Waals surface area contributed by atoms with Crippen molar-refractivity contribution in [2.45, 2.75) is 32.7 Å². The third kappa shape index (κ3) is 4.18. The van der Waals surface area contributed by atoms with Gasteiger partial charge in [-0.15, -0.1) is 10.2 Å². The Morgan fingerprint density at radius 1 is 0.960 bits per heavy atom. The van der Waals surface area contributed by atoms with Crippen molar-refractivity contribution >= 4 is 5.69 Å². The Balaban J connectivity index is 1.63. The van der Waals surface area contributed by atoms with Gasteiger partial charge >= 0.3 is 0 Å². The van der Waals surface area contributed by atoms with Crippen LogP contribution in [-0.2, 0) is 12.0 Å². The van der Waals surface area contributed by atoms with Crippen LogP contribution in [0.1, 0.15) is 32.2 Å². The summed E-state index contributed by atoms with van der Waals surface area (Å²) in [7, 11) is 1.64. The van der Waals surface area contributed by atoms with E-state index >= 15 is 0 Å². The number of benzene rings is 2. The first-order chi connectivity index (χ1) is 12.0. The molecule has 1 N–H and O–H groups in total. The van der Waals surface area contributed by atoms with E-state index in [2.05, 4.69) is 60.6 Å². The van der Waals surface area contributed by atoms with Crippen LogP contribution in [0.2, 0.25) is 0 Å². The van der Waals surface area contributed by atoms with E-state index in [9.17, 15) is 0 Å². The molecule has 3 aromatic rings. The van der Waals surface area contributed by atoms with E-state index in [1.807, 2.05) is 24.3 Å². The second kappa shape index (κ2) is 6.97. The molecule has 130 valence electrons. The van der Waals surface area contributed by atoms with Gasteiger partial charge in [0, 0.05) is 11.3 Å². The zero-order valence-corrected chi connectivity index (χ0v) is 15.0. The van der Waals surface area contributed by atoms with E-state index in [4.69, 9.17) is 9.15 Å². The number of anilines is 1. The predicted molar refractivity (Wildman–Crippen MR) is 98.8 cm³/mol. The minimum atomic E-state index is 0.151. The van der Waals surface area contributed by atoms with Crippen LogP contribution in [0.3, 0.4) is 0 Å². The summed E-state index contributed by atoms with van der Waals surface area (Å²) in [6.07, 6.45) is 0.